The molecule has 0 bridgehead atoms. The number of rotatable bonds is 6. The molecule has 0 amide bonds. The van der Waals surface area contributed by atoms with E-state index in [1.165, 1.54) is 50.8 Å². The summed E-state index contributed by atoms with van der Waals surface area (Å²) in [5.41, 5.74) is 1.39. The molecule has 2 fully saturated rings. The highest BCUT2D eigenvalue weighted by Crippen LogP contribution is 2.22. The van der Waals surface area contributed by atoms with Gasteiger partial charge in [-0.25, -0.2) is 0 Å². The predicted octanol–water partition coefficient (Wildman–Crippen LogP) is 2.56. The van der Waals surface area contributed by atoms with Crippen LogP contribution in [0.15, 0.2) is 12.2 Å². The standard InChI is InChI=1S/C14H26N2/c1-3-12(2)11-16-9-5-4-6-14(16)10-15-13-7-8-13/h13-15H,2-11H2,1H3. The Hall–Kier alpha value is -0.340. The van der Waals surface area contributed by atoms with Gasteiger partial charge in [0.1, 0.15) is 0 Å². The summed E-state index contributed by atoms with van der Waals surface area (Å²) in [7, 11) is 0. The van der Waals surface area contributed by atoms with Crippen molar-refractivity contribution in [2.24, 2.45) is 0 Å². The number of nitrogens with zero attached hydrogens (tertiary/aromatic N) is 1. The van der Waals surface area contributed by atoms with Crippen LogP contribution in [0.4, 0.5) is 0 Å². The lowest BCUT2D eigenvalue weighted by Gasteiger charge is -2.36. The molecule has 1 saturated heterocycles. The fraction of sp³-hybridized carbons (Fsp3) is 0.857. The molecular weight excluding hydrogens is 196 g/mol. The third kappa shape index (κ3) is 3.60. The minimum atomic E-state index is 0.762. The van der Waals surface area contributed by atoms with Crippen LogP contribution >= 0.6 is 0 Å². The summed E-state index contributed by atoms with van der Waals surface area (Å²) in [5, 5.41) is 3.68. The number of hydrogen-bond acceptors (Lipinski definition) is 2. The van der Waals surface area contributed by atoms with Gasteiger partial charge in [-0.05, 0) is 38.6 Å². The Morgan fingerprint density at radius 2 is 2.12 bits per heavy atom. The van der Waals surface area contributed by atoms with Gasteiger partial charge in [-0.1, -0.05) is 25.5 Å². The van der Waals surface area contributed by atoms with Crippen LogP contribution in [-0.2, 0) is 0 Å². The molecule has 0 aromatic carbocycles. The van der Waals surface area contributed by atoms with E-state index in [0.29, 0.717) is 0 Å². The fourth-order valence-electron chi connectivity index (χ4n) is 2.49. The molecule has 2 heteroatoms. The van der Waals surface area contributed by atoms with Crippen molar-refractivity contribution in [1.82, 2.24) is 10.2 Å². The van der Waals surface area contributed by atoms with Crippen LogP contribution in [0.3, 0.4) is 0 Å². The largest absolute Gasteiger partial charge is 0.312 e. The maximum atomic E-state index is 4.15. The third-order valence-electron chi connectivity index (χ3n) is 3.90. The zero-order valence-corrected chi connectivity index (χ0v) is 10.7. The lowest BCUT2D eigenvalue weighted by atomic mass is 10.0. The zero-order chi connectivity index (χ0) is 11.4. The normalized spacial score (nSPS) is 26.9. The van der Waals surface area contributed by atoms with Crippen LogP contribution in [0.5, 0.6) is 0 Å². The van der Waals surface area contributed by atoms with Crippen molar-refractivity contribution in [3.63, 3.8) is 0 Å². The molecule has 0 radical (unpaired) electrons. The second-order valence-corrected chi connectivity index (χ2v) is 5.41. The maximum Gasteiger partial charge on any atom is 0.0224 e. The van der Waals surface area contributed by atoms with Crippen molar-refractivity contribution < 1.29 is 0 Å². The molecule has 2 aliphatic rings. The molecule has 1 atom stereocenters. The summed E-state index contributed by atoms with van der Waals surface area (Å²) in [6, 6.07) is 1.61. The smallest absolute Gasteiger partial charge is 0.0224 e. The molecule has 0 spiro atoms. The number of likely N-dealkylation sites (tertiary alicyclic amines) is 1. The SMILES string of the molecule is C=C(CC)CN1CCCCC1CNC1CC1. The lowest BCUT2D eigenvalue weighted by Crippen LogP contribution is -2.46. The molecule has 0 aromatic rings. The van der Waals surface area contributed by atoms with Crippen molar-refractivity contribution in [2.75, 3.05) is 19.6 Å². The summed E-state index contributed by atoms with van der Waals surface area (Å²) in [4.78, 5) is 2.64. The Morgan fingerprint density at radius 3 is 2.81 bits per heavy atom. The molecule has 1 heterocycles. The summed E-state index contributed by atoms with van der Waals surface area (Å²) < 4.78 is 0. The Balaban J connectivity index is 1.77. The van der Waals surface area contributed by atoms with Crippen molar-refractivity contribution in [2.45, 2.75) is 57.5 Å². The van der Waals surface area contributed by atoms with Gasteiger partial charge >= 0.3 is 0 Å². The Morgan fingerprint density at radius 1 is 1.31 bits per heavy atom. The Bertz CT molecular complexity index is 233. The third-order valence-corrected chi connectivity index (χ3v) is 3.90. The lowest BCUT2D eigenvalue weighted by molar-refractivity contribution is 0.157. The van der Waals surface area contributed by atoms with Gasteiger partial charge in [0.05, 0.1) is 0 Å². The first-order valence-corrected chi connectivity index (χ1v) is 6.93. The average Bonchev–Trinajstić information content (AvgIpc) is 3.11. The topological polar surface area (TPSA) is 15.3 Å². The van der Waals surface area contributed by atoms with Crippen molar-refractivity contribution >= 4 is 0 Å². The quantitative estimate of drug-likeness (QED) is 0.695. The predicted molar refractivity (Wildman–Crippen MR) is 69.7 cm³/mol. The van der Waals surface area contributed by atoms with E-state index in [0.717, 1.165) is 25.0 Å². The van der Waals surface area contributed by atoms with Crippen molar-refractivity contribution in [1.29, 1.82) is 0 Å². The van der Waals surface area contributed by atoms with Gasteiger partial charge in [0.25, 0.3) is 0 Å². The van der Waals surface area contributed by atoms with E-state index in [4.69, 9.17) is 0 Å². The first kappa shape index (κ1) is 12.1. The summed E-state index contributed by atoms with van der Waals surface area (Å²) in [5.74, 6) is 0. The van der Waals surface area contributed by atoms with Crippen LogP contribution in [0, 0.1) is 0 Å². The highest BCUT2D eigenvalue weighted by atomic mass is 15.2. The van der Waals surface area contributed by atoms with Gasteiger partial charge in [0.2, 0.25) is 0 Å². The van der Waals surface area contributed by atoms with Crippen LogP contribution in [-0.4, -0.2) is 36.6 Å². The Labute approximate surface area is 100 Å². The zero-order valence-electron chi connectivity index (χ0n) is 10.7. The second kappa shape index (κ2) is 5.83. The van der Waals surface area contributed by atoms with E-state index in [1.807, 2.05) is 0 Å². The number of nitrogens with one attached hydrogen (secondary N) is 1. The first-order chi connectivity index (χ1) is 7.79. The minimum Gasteiger partial charge on any atom is -0.312 e. The first-order valence-electron chi connectivity index (χ1n) is 6.93. The van der Waals surface area contributed by atoms with Gasteiger partial charge in [0, 0.05) is 25.2 Å². The monoisotopic (exact) mass is 222 g/mol. The molecule has 1 saturated carbocycles. The molecule has 2 rings (SSSR count). The highest BCUT2D eigenvalue weighted by molar-refractivity contribution is 4.98. The molecule has 1 N–H and O–H groups in total. The number of hydrogen-bond donors (Lipinski definition) is 1. The van der Waals surface area contributed by atoms with Gasteiger partial charge in [-0.15, -0.1) is 0 Å². The van der Waals surface area contributed by atoms with E-state index in [1.54, 1.807) is 0 Å². The fourth-order valence-corrected chi connectivity index (χ4v) is 2.49. The van der Waals surface area contributed by atoms with Gasteiger partial charge in [-0.2, -0.15) is 0 Å². The van der Waals surface area contributed by atoms with E-state index in [2.05, 4.69) is 23.7 Å². The minimum absolute atomic E-state index is 0.762. The van der Waals surface area contributed by atoms with Gasteiger partial charge in [0.15, 0.2) is 0 Å². The molecule has 0 aromatic heterocycles. The van der Waals surface area contributed by atoms with Crippen molar-refractivity contribution in [3.8, 4) is 0 Å². The van der Waals surface area contributed by atoms with Crippen LogP contribution in [0.2, 0.25) is 0 Å². The van der Waals surface area contributed by atoms with Gasteiger partial charge in [-0.3, -0.25) is 4.90 Å². The summed E-state index contributed by atoms with van der Waals surface area (Å²) >= 11 is 0. The maximum absolute atomic E-state index is 4.15. The molecule has 2 nitrogen and oxygen atoms in total. The summed E-state index contributed by atoms with van der Waals surface area (Å²) in [6.07, 6.45) is 8.07. The molecule has 92 valence electrons. The summed E-state index contributed by atoms with van der Waals surface area (Å²) in [6.45, 7) is 9.95. The van der Waals surface area contributed by atoms with Crippen LogP contribution in [0.1, 0.15) is 45.4 Å². The molecule has 1 aliphatic carbocycles. The van der Waals surface area contributed by atoms with Crippen molar-refractivity contribution in [3.05, 3.63) is 12.2 Å². The van der Waals surface area contributed by atoms with Crippen LogP contribution in [0.25, 0.3) is 0 Å². The molecule has 16 heavy (non-hydrogen) atoms. The van der Waals surface area contributed by atoms with E-state index >= 15 is 0 Å². The molecular formula is C14H26N2. The molecule has 1 aliphatic heterocycles. The second-order valence-electron chi connectivity index (χ2n) is 5.41. The Kier molecular flexibility index (Phi) is 4.42. The average molecular weight is 222 g/mol. The van der Waals surface area contributed by atoms with E-state index < -0.39 is 0 Å². The highest BCUT2D eigenvalue weighted by Gasteiger charge is 2.26. The van der Waals surface area contributed by atoms with E-state index in [-0.39, 0.29) is 0 Å². The number of piperidine rings is 1. The molecule has 1 unspecified atom stereocenters. The van der Waals surface area contributed by atoms with Crippen LogP contribution < -0.4 is 5.32 Å². The van der Waals surface area contributed by atoms with Gasteiger partial charge < -0.3 is 5.32 Å². The van der Waals surface area contributed by atoms with E-state index in [9.17, 15) is 0 Å².